The number of aliphatic hydroxyl groups excluding tert-OH is 3. The number of rotatable bonds is 51. The highest BCUT2D eigenvalue weighted by Crippen LogP contribution is 2.17. The quantitative estimate of drug-likeness (QED) is 0.0362. The van der Waals surface area contributed by atoms with Crippen molar-refractivity contribution in [1.29, 1.82) is 0 Å². The van der Waals surface area contributed by atoms with Crippen LogP contribution in [0.15, 0.2) is 24.3 Å². The van der Waals surface area contributed by atoms with Crippen LogP contribution in [-0.4, -0.2) is 46.1 Å². The van der Waals surface area contributed by atoms with Crippen LogP contribution in [0.1, 0.15) is 303 Å². The van der Waals surface area contributed by atoms with Crippen molar-refractivity contribution in [1.82, 2.24) is 5.32 Å². The third-order valence-electron chi connectivity index (χ3n) is 13.0. The van der Waals surface area contributed by atoms with Crippen molar-refractivity contribution in [2.45, 2.75) is 321 Å². The van der Waals surface area contributed by atoms with Crippen LogP contribution in [0.25, 0.3) is 0 Å². The second-order valence-electron chi connectivity index (χ2n) is 19.1. The second-order valence-corrected chi connectivity index (χ2v) is 19.1. The summed E-state index contributed by atoms with van der Waals surface area (Å²) in [5.41, 5.74) is 0. The lowest BCUT2D eigenvalue weighted by Gasteiger charge is -2.26. The maximum atomic E-state index is 12.5. The van der Waals surface area contributed by atoms with Crippen LogP contribution < -0.4 is 5.32 Å². The van der Waals surface area contributed by atoms with Gasteiger partial charge in [-0.3, -0.25) is 4.79 Å². The third-order valence-corrected chi connectivity index (χ3v) is 13.0. The number of hydrogen-bond acceptors (Lipinski definition) is 4. The van der Waals surface area contributed by atoms with Crippen LogP contribution >= 0.6 is 0 Å². The third kappa shape index (κ3) is 46.6. The van der Waals surface area contributed by atoms with Crippen molar-refractivity contribution >= 4 is 5.91 Å². The fraction of sp³-hybridized carbons (Fsp3) is 0.911. The van der Waals surface area contributed by atoms with Crippen LogP contribution in [-0.2, 0) is 4.79 Å². The number of aliphatic hydroxyl groups is 3. The van der Waals surface area contributed by atoms with E-state index in [0.29, 0.717) is 12.8 Å². The summed E-state index contributed by atoms with van der Waals surface area (Å²) in [6, 6.07) is -0.830. The number of nitrogens with one attached hydrogen (secondary N) is 1. The molecular formula is C56H109NO4. The number of carbonyl (C=O) groups is 1. The van der Waals surface area contributed by atoms with E-state index in [2.05, 4.69) is 43.5 Å². The lowest BCUT2D eigenvalue weighted by atomic mass is 10.0. The molecule has 0 rings (SSSR count). The molecule has 3 atom stereocenters. The molecule has 61 heavy (non-hydrogen) atoms. The van der Waals surface area contributed by atoms with Crippen LogP contribution in [0.3, 0.4) is 0 Å². The lowest BCUT2D eigenvalue weighted by molar-refractivity contribution is -0.124. The van der Waals surface area contributed by atoms with Crippen LogP contribution in [0.5, 0.6) is 0 Å². The number of amides is 1. The highest BCUT2D eigenvalue weighted by Gasteiger charge is 2.26. The van der Waals surface area contributed by atoms with Gasteiger partial charge in [0.1, 0.15) is 6.10 Å². The maximum Gasteiger partial charge on any atom is 0.220 e. The number of allylic oxidation sites excluding steroid dienone is 4. The summed E-state index contributed by atoms with van der Waals surface area (Å²) in [7, 11) is 0. The van der Waals surface area contributed by atoms with E-state index >= 15 is 0 Å². The van der Waals surface area contributed by atoms with Crippen LogP contribution in [0.2, 0.25) is 0 Å². The molecule has 0 aromatic heterocycles. The Bertz CT molecular complexity index is 905. The highest BCUT2D eigenvalue weighted by atomic mass is 16.3. The van der Waals surface area contributed by atoms with Gasteiger partial charge in [0, 0.05) is 6.42 Å². The van der Waals surface area contributed by atoms with Gasteiger partial charge >= 0.3 is 0 Å². The first-order valence-electron chi connectivity index (χ1n) is 27.6. The van der Waals surface area contributed by atoms with Crippen molar-refractivity contribution in [3.8, 4) is 0 Å². The van der Waals surface area contributed by atoms with Gasteiger partial charge in [-0.05, 0) is 51.4 Å². The minimum Gasteiger partial charge on any atom is -0.394 e. The van der Waals surface area contributed by atoms with Gasteiger partial charge in [0.05, 0.1) is 18.8 Å². The monoisotopic (exact) mass is 860 g/mol. The van der Waals surface area contributed by atoms with Crippen molar-refractivity contribution in [3.63, 3.8) is 0 Å². The zero-order chi connectivity index (χ0) is 44.4. The molecule has 1 amide bonds. The van der Waals surface area contributed by atoms with Gasteiger partial charge in [0.15, 0.2) is 0 Å². The Morgan fingerprint density at radius 1 is 0.393 bits per heavy atom. The van der Waals surface area contributed by atoms with E-state index in [9.17, 15) is 20.1 Å². The predicted octanol–water partition coefficient (Wildman–Crippen LogP) is 16.9. The van der Waals surface area contributed by atoms with Gasteiger partial charge < -0.3 is 20.6 Å². The average molecular weight is 860 g/mol. The molecule has 0 bridgehead atoms. The molecule has 0 heterocycles. The standard InChI is InChI=1S/C56H109NO4/c1-3-5-7-9-11-13-15-17-19-21-23-25-26-27-28-29-30-31-33-35-37-39-41-43-45-47-49-51-55(60)57-53(52-58)56(61)54(59)50-48-46-44-42-40-38-36-34-32-24-22-20-18-16-14-12-10-8-6-4-2/h34,36,42,44,53-54,56,58-59,61H,3-33,35,37-41,43,45-52H2,1-2H3,(H,57,60)/b36-34+,44-42+. The van der Waals surface area contributed by atoms with Gasteiger partial charge in [-0.15, -0.1) is 0 Å². The minimum absolute atomic E-state index is 0.152. The minimum atomic E-state index is -1.16. The topological polar surface area (TPSA) is 89.8 Å². The Labute approximate surface area is 382 Å². The van der Waals surface area contributed by atoms with E-state index in [-0.39, 0.29) is 12.5 Å². The Morgan fingerprint density at radius 3 is 1.00 bits per heavy atom. The Balaban J connectivity index is 3.56. The van der Waals surface area contributed by atoms with E-state index in [0.717, 1.165) is 44.9 Å². The fourth-order valence-corrected chi connectivity index (χ4v) is 8.77. The predicted molar refractivity (Wildman–Crippen MR) is 268 cm³/mol. The fourth-order valence-electron chi connectivity index (χ4n) is 8.77. The van der Waals surface area contributed by atoms with Gasteiger partial charge in [-0.1, -0.05) is 269 Å². The lowest BCUT2D eigenvalue weighted by Crippen LogP contribution is -2.50. The van der Waals surface area contributed by atoms with Crippen molar-refractivity contribution < 1.29 is 20.1 Å². The largest absolute Gasteiger partial charge is 0.394 e. The molecule has 0 spiro atoms. The molecule has 3 unspecified atom stereocenters. The molecular weight excluding hydrogens is 751 g/mol. The maximum absolute atomic E-state index is 12.5. The van der Waals surface area contributed by atoms with Crippen molar-refractivity contribution in [2.75, 3.05) is 6.61 Å². The Kier molecular flexibility index (Phi) is 50.5. The molecule has 0 saturated heterocycles. The SMILES string of the molecule is CCCCCCCCCCCCC/C=C/CC/C=C/CCCC(O)C(O)C(CO)NC(=O)CCCCCCCCCCCCCCCCCCCCCCCCCCCCC. The summed E-state index contributed by atoms with van der Waals surface area (Å²) in [5, 5.41) is 33.7. The summed E-state index contributed by atoms with van der Waals surface area (Å²) in [6.45, 7) is 4.20. The molecule has 0 aliphatic rings. The molecule has 0 fully saturated rings. The van der Waals surface area contributed by atoms with Crippen LogP contribution in [0.4, 0.5) is 0 Å². The summed E-state index contributed by atoms with van der Waals surface area (Å²) in [6.07, 6.45) is 64.8. The van der Waals surface area contributed by atoms with Gasteiger partial charge in [0.2, 0.25) is 5.91 Å². The number of carbonyl (C=O) groups excluding carboxylic acids is 1. The van der Waals surface area contributed by atoms with Gasteiger partial charge in [0.25, 0.3) is 0 Å². The van der Waals surface area contributed by atoms with E-state index < -0.39 is 18.2 Å². The molecule has 362 valence electrons. The van der Waals surface area contributed by atoms with E-state index in [4.69, 9.17) is 0 Å². The van der Waals surface area contributed by atoms with E-state index in [1.807, 2.05) is 0 Å². The molecule has 5 nitrogen and oxygen atoms in total. The van der Waals surface area contributed by atoms with Crippen molar-refractivity contribution in [3.05, 3.63) is 24.3 Å². The van der Waals surface area contributed by atoms with Crippen LogP contribution in [0, 0.1) is 0 Å². The first-order chi connectivity index (χ1) is 30.1. The van der Waals surface area contributed by atoms with Gasteiger partial charge in [-0.25, -0.2) is 0 Å². The first kappa shape index (κ1) is 59.8. The molecule has 5 heteroatoms. The summed E-state index contributed by atoms with van der Waals surface area (Å²) >= 11 is 0. The normalized spacial score (nSPS) is 13.5. The summed E-state index contributed by atoms with van der Waals surface area (Å²) in [4.78, 5) is 12.5. The smallest absolute Gasteiger partial charge is 0.220 e. The highest BCUT2D eigenvalue weighted by molar-refractivity contribution is 5.76. The summed E-state index contributed by atoms with van der Waals surface area (Å²) in [5.74, 6) is -0.152. The van der Waals surface area contributed by atoms with E-state index in [1.54, 1.807) is 0 Å². The first-order valence-corrected chi connectivity index (χ1v) is 27.6. The second kappa shape index (κ2) is 51.5. The van der Waals surface area contributed by atoms with E-state index in [1.165, 1.54) is 231 Å². The van der Waals surface area contributed by atoms with Crippen molar-refractivity contribution in [2.24, 2.45) is 0 Å². The molecule has 0 aliphatic carbocycles. The average Bonchev–Trinajstić information content (AvgIpc) is 3.26. The molecule has 0 aliphatic heterocycles. The Morgan fingerprint density at radius 2 is 0.672 bits per heavy atom. The number of unbranched alkanes of at least 4 members (excludes halogenated alkanes) is 39. The zero-order valence-electron chi connectivity index (χ0n) is 41.3. The van der Waals surface area contributed by atoms with Gasteiger partial charge in [-0.2, -0.15) is 0 Å². The number of hydrogen-bond donors (Lipinski definition) is 4. The molecule has 0 radical (unpaired) electrons. The Hall–Kier alpha value is -1.17. The summed E-state index contributed by atoms with van der Waals surface area (Å²) < 4.78 is 0. The molecule has 4 N–H and O–H groups in total. The molecule has 0 saturated carbocycles. The molecule has 0 aromatic rings. The zero-order valence-corrected chi connectivity index (χ0v) is 41.3. The molecule has 0 aromatic carbocycles.